The van der Waals surface area contributed by atoms with E-state index in [9.17, 15) is 0 Å². The van der Waals surface area contributed by atoms with Gasteiger partial charge >= 0.3 is 0 Å². The molecule has 14 heavy (non-hydrogen) atoms. The summed E-state index contributed by atoms with van der Waals surface area (Å²) in [5.41, 5.74) is 0. The maximum Gasteiger partial charge on any atom is 0.0622 e. The molecule has 3 saturated heterocycles. The number of rotatable bonds is 1. The predicted molar refractivity (Wildman–Crippen MR) is 55.4 cm³/mol. The highest BCUT2D eigenvalue weighted by molar-refractivity contribution is 4.96. The molecule has 3 aliphatic rings. The Bertz CT molecular complexity index is 201. The molecule has 3 heteroatoms. The van der Waals surface area contributed by atoms with Crippen molar-refractivity contribution in [3.63, 3.8) is 0 Å². The highest BCUT2D eigenvalue weighted by atomic mass is 16.5. The summed E-state index contributed by atoms with van der Waals surface area (Å²) in [6, 6.07) is 2.38. The number of hydrogen-bond donors (Lipinski definition) is 0. The highest BCUT2D eigenvalue weighted by Gasteiger charge is 2.40. The van der Waals surface area contributed by atoms with Gasteiger partial charge in [-0.25, -0.2) is 0 Å². The Morgan fingerprint density at radius 2 is 1.71 bits per heavy atom. The molecule has 0 aromatic heterocycles. The van der Waals surface area contributed by atoms with Gasteiger partial charge < -0.3 is 4.74 Å². The largest absolute Gasteiger partial charge is 0.380 e. The lowest BCUT2D eigenvalue weighted by Crippen LogP contribution is -2.55. The van der Waals surface area contributed by atoms with E-state index in [1.165, 1.54) is 32.4 Å². The average Bonchev–Trinajstić information content (AvgIpc) is 2.75. The number of piperazine rings is 1. The first-order valence-corrected chi connectivity index (χ1v) is 5.88. The molecule has 0 N–H and O–H groups in total. The third-order valence-corrected chi connectivity index (χ3v) is 4.30. The van der Waals surface area contributed by atoms with Gasteiger partial charge in [-0.15, -0.1) is 0 Å². The van der Waals surface area contributed by atoms with E-state index in [0.29, 0.717) is 0 Å². The maximum atomic E-state index is 5.47. The van der Waals surface area contributed by atoms with Gasteiger partial charge in [0.2, 0.25) is 0 Å². The maximum absolute atomic E-state index is 5.47. The van der Waals surface area contributed by atoms with Crippen molar-refractivity contribution < 1.29 is 4.74 Å². The van der Waals surface area contributed by atoms with Crippen molar-refractivity contribution in [1.82, 2.24) is 9.80 Å². The van der Waals surface area contributed by atoms with Crippen LogP contribution in [-0.2, 0) is 4.74 Å². The lowest BCUT2D eigenvalue weighted by Gasteiger charge is -2.41. The molecule has 0 saturated carbocycles. The SMILES string of the molecule is CN1C2CCC1CN(C1CCOC1)C2. The normalized spacial score (nSPS) is 44.8. The van der Waals surface area contributed by atoms with Crippen LogP contribution in [0.5, 0.6) is 0 Å². The monoisotopic (exact) mass is 196 g/mol. The highest BCUT2D eigenvalue weighted by Crippen LogP contribution is 2.30. The predicted octanol–water partition coefficient (Wildman–Crippen LogP) is 0.554. The molecule has 0 spiro atoms. The van der Waals surface area contributed by atoms with Crippen LogP contribution in [0.2, 0.25) is 0 Å². The van der Waals surface area contributed by atoms with E-state index in [2.05, 4.69) is 16.8 Å². The minimum absolute atomic E-state index is 0.729. The van der Waals surface area contributed by atoms with Gasteiger partial charge in [0.15, 0.2) is 0 Å². The third kappa shape index (κ3) is 1.38. The first-order valence-electron chi connectivity index (χ1n) is 5.88. The molecular formula is C11H20N2O. The van der Waals surface area contributed by atoms with Crippen LogP contribution in [0, 0.1) is 0 Å². The van der Waals surface area contributed by atoms with Crippen molar-refractivity contribution in [2.75, 3.05) is 33.4 Å². The van der Waals surface area contributed by atoms with Crippen LogP contribution in [-0.4, -0.2) is 61.3 Å². The summed E-state index contributed by atoms with van der Waals surface area (Å²) in [5.74, 6) is 0. The Morgan fingerprint density at radius 3 is 2.29 bits per heavy atom. The smallest absolute Gasteiger partial charge is 0.0622 e. The quantitative estimate of drug-likeness (QED) is 0.609. The van der Waals surface area contributed by atoms with Crippen molar-refractivity contribution in [2.45, 2.75) is 37.4 Å². The average molecular weight is 196 g/mol. The Balaban J connectivity index is 1.67. The van der Waals surface area contributed by atoms with Crippen LogP contribution in [0.1, 0.15) is 19.3 Å². The third-order valence-electron chi connectivity index (χ3n) is 4.30. The Kier molecular flexibility index (Phi) is 2.26. The summed E-state index contributed by atoms with van der Waals surface area (Å²) in [5, 5.41) is 0. The van der Waals surface area contributed by atoms with Crippen molar-refractivity contribution >= 4 is 0 Å². The zero-order chi connectivity index (χ0) is 9.54. The fourth-order valence-corrected chi connectivity index (χ4v) is 3.25. The molecule has 3 heterocycles. The second-order valence-electron chi connectivity index (χ2n) is 5.02. The zero-order valence-electron chi connectivity index (χ0n) is 8.98. The number of likely N-dealkylation sites (N-methyl/N-ethyl adjacent to an activating group) is 1. The van der Waals surface area contributed by atoms with Crippen LogP contribution in [0.15, 0.2) is 0 Å². The van der Waals surface area contributed by atoms with E-state index >= 15 is 0 Å². The first kappa shape index (κ1) is 9.13. The fourth-order valence-electron chi connectivity index (χ4n) is 3.25. The number of nitrogens with zero attached hydrogens (tertiary/aromatic N) is 2. The van der Waals surface area contributed by atoms with Crippen molar-refractivity contribution in [3.8, 4) is 0 Å². The van der Waals surface area contributed by atoms with E-state index in [4.69, 9.17) is 4.74 Å². The Labute approximate surface area is 86.0 Å². The number of likely N-dealkylation sites (tertiary alicyclic amines) is 1. The second-order valence-corrected chi connectivity index (χ2v) is 5.02. The molecule has 0 aromatic rings. The van der Waals surface area contributed by atoms with Gasteiger partial charge in [-0.3, -0.25) is 9.80 Å². The summed E-state index contributed by atoms with van der Waals surface area (Å²) in [4.78, 5) is 5.27. The molecule has 3 rings (SSSR count). The summed E-state index contributed by atoms with van der Waals surface area (Å²) in [7, 11) is 2.30. The minimum atomic E-state index is 0.729. The topological polar surface area (TPSA) is 15.7 Å². The molecule has 0 amide bonds. The molecule has 0 aliphatic carbocycles. The van der Waals surface area contributed by atoms with Crippen LogP contribution in [0.4, 0.5) is 0 Å². The Morgan fingerprint density at radius 1 is 1.00 bits per heavy atom. The van der Waals surface area contributed by atoms with Gasteiger partial charge in [0.05, 0.1) is 6.61 Å². The second kappa shape index (κ2) is 3.47. The van der Waals surface area contributed by atoms with E-state index < -0.39 is 0 Å². The molecular weight excluding hydrogens is 176 g/mol. The fraction of sp³-hybridized carbons (Fsp3) is 1.00. The molecule has 0 aromatic carbocycles. The summed E-state index contributed by atoms with van der Waals surface area (Å²) < 4.78 is 5.47. The van der Waals surface area contributed by atoms with Crippen LogP contribution >= 0.6 is 0 Å². The van der Waals surface area contributed by atoms with Crippen LogP contribution in [0.25, 0.3) is 0 Å². The molecule has 3 atom stereocenters. The van der Waals surface area contributed by atoms with E-state index in [1.807, 2.05) is 0 Å². The molecule has 0 radical (unpaired) electrons. The summed E-state index contributed by atoms with van der Waals surface area (Å²) >= 11 is 0. The summed E-state index contributed by atoms with van der Waals surface area (Å²) in [6.07, 6.45) is 4.07. The standard InChI is InChI=1S/C11H20N2O/c1-12-9-2-3-10(12)7-13(6-9)11-4-5-14-8-11/h9-11H,2-8H2,1H3. The van der Waals surface area contributed by atoms with E-state index in [0.717, 1.165) is 31.3 Å². The zero-order valence-corrected chi connectivity index (χ0v) is 8.98. The van der Waals surface area contributed by atoms with Gasteiger partial charge in [0.25, 0.3) is 0 Å². The first-order chi connectivity index (χ1) is 6.84. The van der Waals surface area contributed by atoms with E-state index in [-0.39, 0.29) is 0 Å². The lowest BCUT2D eigenvalue weighted by atomic mass is 10.1. The van der Waals surface area contributed by atoms with Crippen LogP contribution in [0.3, 0.4) is 0 Å². The Hall–Kier alpha value is -0.120. The van der Waals surface area contributed by atoms with Crippen molar-refractivity contribution in [1.29, 1.82) is 0 Å². The molecule has 3 nitrogen and oxygen atoms in total. The van der Waals surface area contributed by atoms with E-state index in [1.54, 1.807) is 0 Å². The molecule has 3 fully saturated rings. The molecule has 3 aliphatic heterocycles. The molecule has 2 bridgehead atoms. The molecule has 3 unspecified atom stereocenters. The number of ether oxygens (including phenoxy) is 1. The van der Waals surface area contributed by atoms with Gasteiger partial charge in [0, 0.05) is 37.8 Å². The number of fused-ring (bicyclic) bond motifs is 2. The van der Waals surface area contributed by atoms with Gasteiger partial charge in [0.1, 0.15) is 0 Å². The lowest BCUT2D eigenvalue weighted by molar-refractivity contribution is 0.0519. The van der Waals surface area contributed by atoms with Gasteiger partial charge in [-0.1, -0.05) is 0 Å². The minimum Gasteiger partial charge on any atom is -0.380 e. The van der Waals surface area contributed by atoms with Gasteiger partial charge in [-0.05, 0) is 26.3 Å². The molecule has 80 valence electrons. The van der Waals surface area contributed by atoms with Crippen molar-refractivity contribution in [2.24, 2.45) is 0 Å². The van der Waals surface area contributed by atoms with Crippen molar-refractivity contribution in [3.05, 3.63) is 0 Å². The van der Waals surface area contributed by atoms with Gasteiger partial charge in [-0.2, -0.15) is 0 Å². The van der Waals surface area contributed by atoms with Crippen LogP contribution < -0.4 is 0 Å². The summed E-state index contributed by atoms with van der Waals surface area (Å²) in [6.45, 7) is 4.51. The number of hydrogen-bond acceptors (Lipinski definition) is 3.